The van der Waals surface area contributed by atoms with Crippen LogP contribution in [0.3, 0.4) is 0 Å². The number of rotatable bonds is 2. The Kier molecular flexibility index (Phi) is 2.83. The lowest BCUT2D eigenvalue weighted by Crippen LogP contribution is -2.49. The molecule has 0 amide bonds. The summed E-state index contributed by atoms with van der Waals surface area (Å²) in [4.78, 5) is 6.84. The van der Waals surface area contributed by atoms with Gasteiger partial charge in [-0.05, 0) is 0 Å². The molecule has 0 aromatic carbocycles. The van der Waals surface area contributed by atoms with Crippen LogP contribution in [0.1, 0.15) is 31.5 Å². The second kappa shape index (κ2) is 3.85. The Morgan fingerprint density at radius 2 is 2.20 bits per heavy atom. The van der Waals surface area contributed by atoms with Gasteiger partial charge in [0.15, 0.2) is 0 Å². The highest BCUT2D eigenvalue weighted by molar-refractivity contribution is 7.09. The number of likely N-dealkylation sites (tertiary alicyclic amines) is 1. The standard InChI is InChI=1S/C11H18N2OS/c1-11(2,3)10-12-8(7-15-10)4-13-5-9(14)6-13/h7,9,14H,4-6H2,1-3H3. The molecule has 0 spiro atoms. The Labute approximate surface area is 94.8 Å². The number of nitrogens with zero attached hydrogens (tertiary/aromatic N) is 2. The van der Waals surface area contributed by atoms with Gasteiger partial charge in [0.1, 0.15) is 0 Å². The number of thiazole rings is 1. The van der Waals surface area contributed by atoms with E-state index in [4.69, 9.17) is 0 Å². The largest absolute Gasteiger partial charge is 0.390 e. The van der Waals surface area contributed by atoms with E-state index < -0.39 is 0 Å². The van der Waals surface area contributed by atoms with E-state index in [1.54, 1.807) is 11.3 Å². The summed E-state index contributed by atoms with van der Waals surface area (Å²) in [7, 11) is 0. The first-order valence-electron chi connectivity index (χ1n) is 5.30. The van der Waals surface area contributed by atoms with Gasteiger partial charge in [-0.1, -0.05) is 20.8 Å². The first-order valence-corrected chi connectivity index (χ1v) is 6.18. The van der Waals surface area contributed by atoms with Crippen molar-refractivity contribution in [2.24, 2.45) is 0 Å². The molecule has 1 saturated heterocycles. The summed E-state index contributed by atoms with van der Waals surface area (Å²) < 4.78 is 0. The molecule has 0 radical (unpaired) electrons. The van der Waals surface area contributed by atoms with Gasteiger partial charge in [-0.15, -0.1) is 11.3 Å². The fourth-order valence-electron chi connectivity index (χ4n) is 1.62. The van der Waals surface area contributed by atoms with Gasteiger partial charge in [0, 0.05) is 30.4 Å². The molecular weight excluding hydrogens is 208 g/mol. The fraction of sp³-hybridized carbons (Fsp3) is 0.727. The summed E-state index contributed by atoms with van der Waals surface area (Å²) in [5.41, 5.74) is 1.29. The third-order valence-electron chi connectivity index (χ3n) is 2.52. The van der Waals surface area contributed by atoms with E-state index in [0.29, 0.717) is 0 Å². The molecule has 1 aromatic rings. The topological polar surface area (TPSA) is 36.4 Å². The molecule has 15 heavy (non-hydrogen) atoms. The highest BCUT2D eigenvalue weighted by Gasteiger charge is 2.25. The normalized spacial score (nSPS) is 19.2. The summed E-state index contributed by atoms with van der Waals surface area (Å²) in [5, 5.41) is 12.5. The fourth-order valence-corrected chi connectivity index (χ4v) is 2.52. The maximum absolute atomic E-state index is 9.17. The number of hydrogen-bond acceptors (Lipinski definition) is 4. The van der Waals surface area contributed by atoms with Gasteiger partial charge in [0.2, 0.25) is 0 Å². The van der Waals surface area contributed by atoms with Crippen molar-refractivity contribution in [1.82, 2.24) is 9.88 Å². The van der Waals surface area contributed by atoms with Crippen LogP contribution < -0.4 is 0 Å². The molecule has 0 saturated carbocycles. The van der Waals surface area contributed by atoms with Gasteiger partial charge in [0.25, 0.3) is 0 Å². The predicted molar refractivity (Wildman–Crippen MR) is 62.1 cm³/mol. The van der Waals surface area contributed by atoms with Crippen molar-refractivity contribution in [2.45, 2.75) is 38.8 Å². The van der Waals surface area contributed by atoms with Crippen molar-refractivity contribution in [3.8, 4) is 0 Å². The molecule has 1 fully saturated rings. The van der Waals surface area contributed by atoms with E-state index in [2.05, 4.69) is 36.0 Å². The summed E-state index contributed by atoms with van der Waals surface area (Å²) in [6.07, 6.45) is -0.120. The zero-order valence-corrected chi connectivity index (χ0v) is 10.3. The van der Waals surface area contributed by atoms with Crippen molar-refractivity contribution < 1.29 is 5.11 Å². The number of aliphatic hydroxyl groups excluding tert-OH is 1. The van der Waals surface area contributed by atoms with Gasteiger partial charge < -0.3 is 5.11 Å². The summed E-state index contributed by atoms with van der Waals surface area (Å²) in [6.45, 7) is 9.02. The van der Waals surface area contributed by atoms with E-state index in [1.807, 2.05) is 0 Å². The zero-order chi connectivity index (χ0) is 11.1. The average Bonchev–Trinajstić information content (AvgIpc) is 2.49. The van der Waals surface area contributed by atoms with Gasteiger partial charge in [-0.25, -0.2) is 4.98 Å². The molecular formula is C11H18N2OS. The van der Waals surface area contributed by atoms with E-state index in [1.165, 1.54) is 5.01 Å². The quantitative estimate of drug-likeness (QED) is 0.832. The van der Waals surface area contributed by atoms with Crippen LogP contribution in [0.2, 0.25) is 0 Å². The lowest BCUT2D eigenvalue weighted by Gasteiger charge is -2.35. The number of hydrogen-bond donors (Lipinski definition) is 1. The number of β-amino-alcohol motifs (C(OH)–C–C–N with tert-alkyl or cyclic N) is 1. The van der Waals surface area contributed by atoms with Crippen molar-refractivity contribution in [2.75, 3.05) is 13.1 Å². The number of aromatic nitrogens is 1. The molecule has 0 unspecified atom stereocenters. The third-order valence-corrected chi connectivity index (χ3v) is 3.83. The first-order chi connectivity index (χ1) is 6.95. The van der Waals surface area contributed by atoms with Gasteiger partial charge >= 0.3 is 0 Å². The van der Waals surface area contributed by atoms with Crippen molar-refractivity contribution in [3.63, 3.8) is 0 Å². The Morgan fingerprint density at radius 3 is 2.67 bits per heavy atom. The molecule has 0 aliphatic carbocycles. The minimum Gasteiger partial charge on any atom is -0.390 e. The molecule has 1 aromatic heterocycles. The Bertz CT molecular complexity index is 337. The maximum Gasteiger partial charge on any atom is 0.0982 e. The molecule has 2 heterocycles. The average molecular weight is 226 g/mol. The second-order valence-electron chi connectivity index (χ2n) is 5.24. The Hall–Kier alpha value is -0.450. The lowest BCUT2D eigenvalue weighted by atomic mass is 9.98. The molecule has 3 nitrogen and oxygen atoms in total. The van der Waals surface area contributed by atoms with E-state index in [-0.39, 0.29) is 11.5 Å². The van der Waals surface area contributed by atoms with Crippen LogP contribution >= 0.6 is 11.3 Å². The Morgan fingerprint density at radius 1 is 1.53 bits per heavy atom. The lowest BCUT2D eigenvalue weighted by molar-refractivity contribution is -0.00348. The van der Waals surface area contributed by atoms with E-state index in [9.17, 15) is 5.11 Å². The third kappa shape index (κ3) is 2.56. The molecule has 0 bridgehead atoms. The van der Waals surface area contributed by atoms with E-state index >= 15 is 0 Å². The van der Waals surface area contributed by atoms with Crippen LogP contribution in [-0.2, 0) is 12.0 Å². The van der Waals surface area contributed by atoms with Crippen LogP contribution in [0.25, 0.3) is 0 Å². The predicted octanol–water partition coefficient (Wildman–Crippen LogP) is 1.62. The summed E-state index contributed by atoms with van der Waals surface area (Å²) in [6, 6.07) is 0. The second-order valence-corrected chi connectivity index (χ2v) is 6.10. The van der Waals surface area contributed by atoms with Crippen LogP contribution in [0, 0.1) is 0 Å². The minimum absolute atomic E-state index is 0.120. The minimum atomic E-state index is -0.120. The molecule has 2 rings (SSSR count). The molecule has 84 valence electrons. The highest BCUT2D eigenvalue weighted by atomic mass is 32.1. The molecule has 4 heteroatoms. The zero-order valence-electron chi connectivity index (χ0n) is 9.53. The van der Waals surface area contributed by atoms with Crippen LogP contribution in [-0.4, -0.2) is 34.2 Å². The van der Waals surface area contributed by atoms with E-state index in [0.717, 1.165) is 25.3 Å². The van der Waals surface area contributed by atoms with Gasteiger partial charge in [-0.2, -0.15) is 0 Å². The van der Waals surface area contributed by atoms with Crippen LogP contribution in [0.15, 0.2) is 5.38 Å². The first kappa shape index (κ1) is 11.0. The smallest absolute Gasteiger partial charge is 0.0982 e. The maximum atomic E-state index is 9.17. The van der Waals surface area contributed by atoms with Gasteiger partial charge in [0.05, 0.1) is 16.8 Å². The number of aliphatic hydroxyl groups is 1. The van der Waals surface area contributed by atoms with Gasteiger partial charge in [-0.3, -0.25) is 4.90 Å². The summed E-state index contributed by atoms with van der Waals surface area (Å²) in [5.74, 6) is 0. The SMILES string of the molecule is CC(C)(C)c1nc(CN2CC(O)C2)cs1. The molecule has 1 aliphatic rings. The molecule has 1 aliphatic heterocycles. The molecule has 1 N–H and O–H groups in total. The highest BCUT2D eigenvalue weighted by Crippen LogP contribution is 2.26. The summed E-state index contributed by atoms with van der Waals surface area (Å²) >= 11 is 1.73. The van der Waals surface area contributed by atoms with Crippen LogP contribution in [0.5, 0.6) is 0 Å². The van der Waals surface area contributed by atoms with Crippen molar-refractivity contribution in [3.05, 3.63) is 16.1 Å². The van der Waals surface area contributed by atoms with Crippen molar-refractivity contribution in [1.29, 1.82) is 0 Å². The monoisotopic (exact) mass is 226 g/mol. The molecule has 0 atom stereocenters. The van der Waals surface area contributed by atoms with Crippen LogP contribution in [0.4, 0.5) is 0 Å². The Balaban J connectivity index is 1.96. The van der Waals surface area contributed by atoms with Crippen molar-refractivity contribution >= 4 is 11.3 Å².